The average Bonchev–Trinajstić information content (AvgIpc) is 3.54. The number of para-hydroxylation sites is 2. The molecule has 0 radical (unpaired) electrons. The van der Waals surface area contributed by atoms with Crippen molar-refractivity contribution in [2.75, 3.05) is 4.90 Å². The maximum atomic E-state index is 5.25. The second-order valence-corrected chi connectivity index (χ2v) is 13.8. The molecule has 10 rings (SSSR count). The molecule has 0 fully saturated rings. The first-order chi connectivity index (χ1) is 24.7. The van der Waals surface area contributed by atoms with E-state index in [-0.39, 0.29) is 0 Å². The quantitative estimate of drug-likeness (QED) is 0.185. The number of hydrogen-bond donors (Lipinski definition) is 0. The fourth-order valence-electron chi connectivity index (χ4n) is 7.13. The van der Waals surface area contributed by atoms with Gasteiger partial charge in [-0.1, -0.05) is 103 Å². The highest BCUT2D eigenvalue weighted by molar-refractivity contribution is 7.25. The van der Waals surface area contributed by atoms with E-state index < -0.39 is 0 Å². The smallest absolute Gasteiger partial charge is 0.160 e. The SMILES string of the molecule is c1ccc(N(c2ccc(-c3nc(-c4ccc5c(c4)sc4cc6ccccc6cc45)c4ccccc4n3)cc2)c2ccc3ccccc3c2)cc1. The Hall–Kier alpha value is -6.36. The maximum absolute atomic E-state index is 5.25. The molecule has 0 unspecified atom stereocenters. The van der Waals surface area contributed by atoms with Gasteiger partial charge < -0.3 is 4.90 Å². The molecule has 10 aromatic rings. The predicted octanol–water partition coefficient (Wildman–Crippen LogP) is 13.1. The van der Waals surface area contributed by atoms with Crippen LogP contribution in [0.15, 0.2) is 176 Å². The average molecular weight is 656 g/mol. The van der Waals surface area contributed by atoms with Crippen LogP contribution in [0.1, 0.15) is 0 Å². The normalized spacial score (nSPS) is 11.6. The summed E-state index contributed by atoms with van der Waals surface area (Å²) in [6, 6.07) is 62.6. The fraction of sp³-hybridized carbons (Fsp3) is 0. The van der Waals surface area contributed by atoms with E-state index in [0.29, 0.717) is 5.82 Å². The van der Waals surface area contributed by atoms with Crippen molar-refractivity contribution in [2.45, 2.75) is 0 Å². The summed E-state index contributed by atoms with van der Waals surface area (Å²) in [5, 5.41) is 8.61. The van der Waals surface area contributed by atoms with Crippen molar-refractivity contribution in [2.24, 2.45) is 0 Å². The summed E-state index contributed by atoms with van der Waals surface area (Å²) >= 11 is 1.84. The Bertz CT molecular complexity index is 2880. The van der Waals surface area contributed by atoms with Crippen LogP contribution in [0.2, 0.25) is 0 Å². The maximum Gasteiger partial charge on any atom is 0.160 e. The number of benzene rings is 8. The van der Waals surface area contributed by atoms with Crippen molar-refractivity contribution in [1.82, 2.24) is 9.97 Å². The van der Waals surface area contributed by atoms with Crippen molar-refractivity contribution < 1.29 is 0 Å². The van der Waals surface area contributed by atoms with Crippen LogP contribution in [0.5, 0.6) is 0 Å². The Balaban J connectivity index is 1.07. The van der Waals surface area contributed by atoms with Crippen LogP contribution in [-0.2, 0) is 0 Å². The summed E-state index contributed by atoms with van der Waals surface area (Å²) in [6.07, 6.45) is 0. The molecule has 3 nitrogen and oxygen atoms in total. The van der Waals surface area contributed by atoms with E-state index in [1.807, 2.05) is 17.4 Å². The van der Waals surface area contributed by atoms with Crippen molar-refractivity contribution in [3.63, 3.8) is 0 Å². The van der Waals surface area contributed by atoms with E-state index >= 15 is 0 Å². The van der Waals surface area contributed by atoms with Gasteiger partial charge in [-0.15, -0.1) is 11.3 Å². The Labute approximate surface area is 293 Å². The zero-order chi connectivity index (χ0) is 33.0. The molecule has 2 heterocycles. The molecule has 0 saturated heterocycles. The summed E-state index contributed by atoms with van der Waals surface area (Å²) in [5.41, 5.74) is 7.22. The van der Waals surface area contributed by atoms with Crippen LogP contribution in [0.4, 0.5) is 17.1 Å². The molecular weight excluding hydrogens is 627 g/mol. The van der Waals surface area contributed by atoms with E-state index in [4.69, 9.17) is 9.97 Å². The third-order valence-electron chi connectivity index (χ3n) is 9.61. The van der Waals surface area contributed by atoms with E-state index in [1.54, 1.807) is 0 Å². The number of thiophene rings is 1. The van der Waals surface area contributed by atoms with Gasteiger partial charge in [0.05, 0.1) is 11.2 Å². The molecule has 50 heavy (non-hydrogen) atoms. The first kappa shape index (κ1) is 28.6. The van der Waals surface area contributed by atoms with E-state index in [9.17, 15) is 0 Å². The lowest BCUT2D eigenvalue weighted by Gasteiger charge is -2.26. The highest BCUT2D eigenvalue weighted by Crippen LogP contribution is 2.40. The Morgan fingerprint density at radius 1 is 0.380 bits per heavy atom. The molecule has 8 aromatic carbocycles. The molecule has 0 amide bonds. The molecule has 234 valence electrons. The molecule has 0 bridgehead atoms. The number of nitrogens with zero attached hydrogens (tertiary/aromatic N) is 3. The lowest BCUT2D eigenvalue weighted by molar-refractivity contribution is 1.22. The first-order valence-corrected chi connectivity index (χ1v) is 17.6. The largest absolute Gasteiger partial charge is 0.310 e. The summed E-state index contributed by atoms with van der Waals surface area (Å²) in [5.74, 6) is 0.713. The lowest BCUT2D eigenvalue weighted by Crippen LogP contribution is -2.09. The van der Waals surface area contributed by atoms with Gasteiger partial charge in [0, 0.05) is 53.7 Å². The summed E-state index contributed by atoms with van der Waals surface area (Å²) in [6.45, 7) is 0. The van der Waals surface area contributed by atoms with Gasteiger partial charge in [0.1, 0.15) is 0 Å². The fourth-order valence-corrected chi connectivity index (χ4v) is 8.31. The van der Waals surface area contributed by atoms with Gasteiger partial charge in [-0.3, -0.25) is 0 Å². The van der Waals surface area contributed by atoms with Crippen molar-refractivity contribution in [3.8, 4) is 22.6 Å². The van der Waals surface area contributed by atoms with Gasteiger partial charge >= 0.3 is 0 Å². The number of hydrogen-bond acceptors (Lipinski definition) is 4. The molecule has 0 aliphatic heterocycles. The molecule has 0 N–H and O–H groups in total. The van der Waals surface area contributed by atoms with Crippen molar-refractivity contribution in [3.05, 3.63) is 176 Å². The minimum Gasteiger partial charge on any atom is -0.310 e. The van der Waals surface area contributed by atoms with Gasteiger partial charge in [-0.2, -0.15) is 0 Å². The third kappa shape index (κ3) is 4.89. The molecule has 0 saturated carbocycles. The van der Waals surface area contributed by atoms with Gasteiger partial charge in [0.2, 0.25) is 0 Å². The third-order valence-corrected chi connectivity index (χ3v) is 10.7. The summed E-state index contributed by atoms with van der Waals surface area (Å²) < 4.78 is 2.56. The molecule has 4 heteroatoms. The highest BCUT2D eigenvalue weighted by atomic mass is 32.1. The van der Waals surface area contributed by atoms with Crippen LogP contribution >= 0.6 is 11.3 Å². The van der Waals surface area contributed by atoms with Gasteiger partial charge in [0.15, 0.2) is 5.82 Å². The second-order valence-electron chi connectivity index (χ2n) is 12.7. The summed E-state index contributed by atoms with van der Waals surface area (Å²) in [7, 11) is 0. The van der Waals surface area contributed by atoms with Gasteiger partial charge in [0.25, 0.3) is 0 Å². The Morgan fingerprint density at radius 3 is 1.82 bits per heavy atom. The monoisotopic (exact) mass is 655 g/mol. The molecule has 0 spiro atoms. The van der Waals surface area contributed by atoms with Crippen LogP contribution in [0.25, 0.3) is 75.3 Å². The lowest BCUT2D eigenvalue weighted by atomic mass is 10.0. The van der Waals surface area contributed by atoms with E-state index in [1.165, 1.54) is 41.7 Å². The second kappa shape index (κ2) is 11.7. The molecule has 0 atom stereocenters. The van der Waals surface area contributed by atoms with Crippen molar-refractivity contribution in [1.29, 1.82) is 0 Å². The van der Waals surface area contributed by atoms with Crippen molar-refractivity contribution >= 4 is 81.0 Å². The molecule has 0 aliphatic rings. The standard InChI is InChI=1S/C46H29N3S/c1-2-14-36(15-3-1)49(38-24-18-30-10-4-5-11-32(30)26-38)37-22-19-31(20-23-37)46-47-42-17-9-8-16-40(42)45(48-46)35-21-25-39-41-27-33-12-6-7-13-34(33)28-44(41)50-43(39)29-35/h1-29H. The highest BCUT2D eigenvalue weighted by Gasteiger charge is 2.16. The predicted molar refractivity (Wildman–Crippen MR) is 213 cm³/mol. The van der Waals surface area contributed by atoms with Crippen LogP contribution < -0.4 is 4.90 Å². The van der Waals surface area contributed by atoms with Crippen LogP contribution in [-0.4, -0.2) is 9.97 Å². The number of aromatic nitrogens is 2. The topological polar surface area (TPSA) is 29.0 Å². The molecular formula is C46H29N3S. The summed E-state index contributed by atoms with van der Waals surface area (Å²) in [4.78, 5) is 12.6. The number of fused-ring (bicyclic) bond motifs is 6. The Kier molecular flexibility index (Phi) is 6.68. The first-order valence-electron chi connectivity index (χ1n) is 16.8. The van der Waals surface area contributed by atoms with Gasteiger partial charge in [-0.05, 0) is 94.3 Å². The Morgan fingerprint density at radius 2 is 1.00 bits per heavy atom. The molecule has 0 aliphatic carbocycles. The number of anilines is 3. The zero-order valence-electron chi connectivity index (χ0n) is 27.0. The minimum absolute atomic E-state index is 0.713. The minimum atomic E-state index is 0.713. The number of rotatable bonds is 5. The van der Waals surface area contributed by atoms with Crippen LogP contribution in [0, 0.1) is 0 Å². The van der Waals surface area contributed by atoms with E-state index in [2.05, 4.69) is 175 Å². The van der Waals surface area contributed by atoms with E-state index in [0.717, 1.165) is 44.8 Å². The zero-order valence-corrected chi connectivity index (χ0v) is 27.8. The van der Waals surface area contributed by atoms with Gasteiger partial charge in [-0.25, -0.2) is 9.97 Å². The molecule has 2 aromatic heterocycles. The van der Waals surface area contributed by atoms with Crippen LogP contribution in [0.3, 0.4) is 0 Å².